The zero-order valence-corrected chi connectivity index (χ0v) is 9.86. The van der Waals surface area contributed by atoms with Gasteiger partial charge in [-0.3, -0.25) is 4.79 Å². The van der Waals surface area contributed by atoms with E-state index in [-0.39, 0.29) is 11.3 Å². The van der Waals surface area contributed by atoms with Crippen LogP contribution in [0.15, 0.2) is 36.4 Å². The lowest BCUT2D eigenvalue weighted by molar-refractivity contribution is 0.0697. The van der Waals surface area contributed by atoms with Gasteiger partial charge in [0.25, 0.3) is 0 Å². The SMILES string of the molecule is O=C(O)c1ccc2c(c1)C(=O)c1cccc(Cl)c1-2. The molecule has 0 amide bonds. The third kappa shape index (κ3) is 1.38. The highest BCUT2D eigenvalue weighted by atomic mass is 35.5. The molecule has 2 aromatic rings. The molecule has 3 nitrogen and oxygen atoms in total. The fourth-order valence-electron chi connectivity index (χ4n) is 2.22. The average Bonchev–Trinajstić information content (AvgIpc) is 2.64. The number of ketones is 1. The lowest BCUT2D eigenvalue weighted by atomic mass is 10.0. The van der Waals surface area contributed by atoms with Crippen LogP contribution in [-0.4, -0.2) is 16.9 Å². The summed E-state index contributed by atoms with van der Waals surface area (Å²) >= 11 is 6.10. The Kier molecular flexibility index (Phi) is 2.25. The second kappa shape index (κ2) is 3.68. The fourth-order valence-corrected chi connectivity index (χ4v) is 2.49. The molecule has 1 aliphatic rings. The van der Waals surface area contributed by atoms with Crippen molar-refractivity contribution < 1.29 is 14.7 Å². The monoisotopic (exact) mass is 258 g/mol. The first kappa shape index (κ1) is 11.0. The van der Waals surface area contributed by atoms with Crippen LogP contribution in [0.2, 0.25) is 5.02 Å². The van der Waals surface area contributed by atoms with Crippen molar-refractivity contribution >= 4 is 23.4 Å². The molecule has 0 saturated carbocycles. The highest BCUT2D eigenvalue weighted by molar-refractivity contribution is 6.36. The number of aromatic carboxylic acids is 1. The summed E-state index contributed by atoms with van der Waals surface area (Å²) < 4.78 is 0. The molecular formula is C14H7ClO3. The highest BCUT2D eigenvalue weighted by Crippen LogP contribution is 2.41. The fraction of sp³-hybridized carbons (Fsp3) is 0. The van der Waals surface area contributed by atoms with Crippen LogP contribution in [0.3, 0.4) is 0 Å². The summed E-state index contributed by atoms with van der Waals surface area (Å²) in [5.74, 6) is -1.22. The Balaban J connectivity index is 2.31. The van der Waals surface area contributed by atoms with Gasteiger partial charge in [-0.05, 0) is 23.8 Å². The minimum absolute atomic E-state index is 0.103. The Morgan fingerprint density at radius 3 is 2.56 bits per heavy atom. The first-order valence-electron chi connectivity index (χ1n) is 5.30. The highest BCUT2D eigenvalue weighted by Gasteiger charge is 2.29. The van der Waals surface area contributed by atoms with E-state index in [0.717, 1.165) is 0 Å². The number of hydrogen-bond acceptors (Lipinski definition) is 2. The maximum Gasteiger partial charge on any atom is 0.335 e. The third-order valence-corrected chi connectivity index (χ3v) is 3.35. The number of carboxylic acid groups (broad SMARTS) is 1. The molecule has 0 saturated heterocycles. The van der Waals surface area contributed by atoms with E-state index >= 15 is 0 Å². The van der Waals surface area contributed by atoms with Crippen molar-refractivity contribution in [1.82, 2.24) is 0 Å². The van der Waals surface area contributed by atoms with Crippen LogP contribution in [0.1, 0.15) is 26.3 Å². The Morgan fingerprint density at radius 1 is 1.06 bits per heavy atom. The second-order valence-corrected chi connectivity index (χ2v) is 4.46. The van der Waals surface area contributed by atoms with E-state index in [1.165, 1.54) is 12.1 Å². The largest absolute Gasteiger partial charge is 0.478 e. The molecule has 0 aromatic heterocycles. The van der Waals surface area contributed by atoms with Gasteiger partial charge in [0.2, 0.25) is 0 Å². The minimum atomic E-state index is -1.05. The van der Waals surface area contributed by atoms with Gasteiger partial charge >= 0.3 is 5.97 Å². The second-order valence-electron chi connectivity index (χ2n) is 4.06. The Labute approximate surface area is 108 Å². The van der Waals surface area contributed by atoms with E-state index in [1.807, 2.05) is 0 Å². The van der Waals surface area contributed by atoms with Gasteiger partial charge in [0.05, 0.1) is 5.56 Å². The van der Waals surface area contributed by atoms with Crippen molar-refractivity contribution in [1.29, 1.82) is 0 Å². The van der Waals surface area contributed by atoms with Crippen LogP contribution in [0, 0.1) is 0 Å². The summed E-state index contributed by atoms with van der Waals surface area (Å²) in [5, 5.41) is 9.44. The van der Waals surface area contributed by atoms with Gasteiger partial charge in [0.15, 0.2) is 5.78 Å². The Hall–Kier alpha value is -2.13. The predicted molar refractivity (Wildman–Crippen MR) is 67.3 cm³/mol. The molecule has 0 radical (unpaired) electrons. The van der Waals surface area contributed by atoms with Crippen molar-refractivity contribution in [2.75, 3.05) is 0 Å². The van der Waals surface area contributed by atoms with Crippen molar-refractivity contribution in [3.8, 4) is 11.1 Å². The molecule has 0 fully saturated rings. The summed E-state index contributed by atoms with van der Waals surface area (Å²) in [5.41, 5.74) is 2.42. The average molecular weight is 259 g/mol. The smallest absolute Gasteiger partial charge is 0.335 e. The quantitative estimate of drug-likeness (QED) is 0.729. The molecule has 0 atom stereocenters. The van der Waals surface area contributed by atoms with Crippen molar-refractivity contribution in [3.63, 3.8) is 0 Å². The van der Waals surface area contributed by atoms with Crippen LogP contribution in [0.5, 0.6) is 0 Å². The zero-order chi connectivity index (χ0) is 12.9. The minimum Gasteiger partial charge on any atom is -0.478 e. The van der Waals surface area contributed by atoms with Gasteiger partial charge in [0.1, 0.15) is 0 Å². The number of hydrogen-bond donors (Lipinski definition) is 1. The molecule has 0 heterocycles. The van der Waals surface area contributed by atoms with Gasteiger partial charge in [-0.1, -0.05) is 29.8 Å². The Bertz CT molecular complexity index is 704. The molecule has 0 unspecified atom stereocenters. The molecule has 1 N–H and O–H groups in total. The van der Waals surface area contributed by atoms with E-state index in [2.05, 4.69) is 0 Å². The number of fused-ring (bicyclic) bond motifs is 3. The van der Waals surface area contributed by atoms with Gasteiger partial charge < -0.3 is 5.11 Å². The molecule has 18 heavy (non-hydrogen) atoms. The van der Waals surface area contributed by atoms with Gasteiger partial charge in [-0.25, -0.2) is 4.79 Å². The molecule has 3 rings (SSSR count). The van der Waals surface area contributed by atoms with E-state index in [9.17, 15) is 9.59 Å². The number of carbonyl (C=O) groups excluding carboxylic acids is 1. The summed E-state index contributed by atoms with van der Waals surface area (Å²) in [4.78, 5) is 23.1. The third-order valence-electron chi connectivity index (χ3n) is 3.04. The topological polar surface area (TPSA) is 54.4 Å². The normalized spacial score (nSPS) is 12.2. The van der Waals surface area contributed by atoms with Gasteiger partial charge in [-0.15, -0.1) is 0 Å². The summed E-state index contributed by atoms with van der Waals surface area (Å²) in [7, 11) is 0. The van der Waals surface area contributed by atoms with Gasteiger partial charge in [-0.2, -0.15) is 0 Å². The number of benzene rings is 2. The molecule has 1 aliphatic carbocycles. The summed E-state index contributed by atoms with van der Waals surface area (Å²) in [6.07, 6.45) is 0. The maximum absolute atomic E-state index is 12.2. The molecule has 4 heteroatoms. The molecule has 0 spiro atoms. The van der Waals surface area contributed by atoms with Crippen LogP contribution in [-0.2, 0) is 0 Å². The van der Waals surface area contributed by atoms with E-state index in [4.69, 9.17) is 16.7 Å². The van der Waals surface area contributed by atoms with Crippen molar-refractivity contribution in [3.05, 3.63) is 58.1 Å². The lowest BCUT2D eigenvalue weighted by Gasteiger charge is -2.02. The first-order chi connectivity index (χ1) is 8.59. The van der Waals surface area contributed by atoms with Crippen molar-refractivity contribution in [2.45, 2.75) is 0 Å². The van der Waals surface area contributed by atoms with E-state index < -0.39 is 5.97 Å². The molecule has 88 valence electrons. The van der Waals surface area contributed by atoms with Gasteiger partial charge in [0, 0.05) is 21.7 Å². The maximum atomic E-state index is 12.2. The molecule has 0 bridgehead atoms. The predicted octanol–water partition coefficient (Wildman–Crippen LogP) is 3.25. The number of halogens is 1. The Morgan fingerprint density at radius 2 is 1.83 bits per heavy atom. The standard InChI is InChI=1S/C14H7ClO3/c15-11-3-1-2-9-12(11)8-5-4-7(14(17)18)6-10(8)13(9)16/h1-6H,(H,17,18). The first-order valence-corrected chi connectivity index (χ1v) is 5.68. The number of carbonyl (C=O) groups is 2. The van der Waals surface area contributed by atoms with E-state index in [0.29, 0.717) is 27.3 Å². The number of carboxylic acids is 1. The van der Waals surface area contributed by atoms with Crippen LogP contribution in [0.4, 0.5) is 0 Å². The molecule has 0 aliphatic heterocycles. The summed E-state index contributed by atoms with van der Waals surface area (Å²) in [6.45, 7) is 0. The van der Waals surface area contributed by atoms with Crippen molar-refractivity contribution in [2.24, 2.45) is 0 Å². The molecular weight excluding hydrogens is 252 g/mol. The number of rotatable bonds is 1. The zero-order valence-electron chi connectivity index (χ0n) is 9.11. The van der Waals surface area contributed by atoms with Crippen LogP contribution in [0.25, 0.3) is 11.1 Å². The summed E-state index contributed by atoms with van der Waals surface area (Å²) in [6, 6.07) is 9.64. The van der Waals surface area contributed by atoms with Crippen LogP contribution >= 0.6 is 11.6 Å². The lowest BCUT2D eigenvalue weighted by Crippen LogP contribution is -2.00. The molecule has 2 aromatic carbocycles. The van der Waals surface area contributed by atoms with Crippen LogP contribution < -0.4 is 0 Å². The van der Waals surface area contributed by atoms with E-state index in [1.54, 1.807) is 24.3 Å².